The number of aliphatic hydroxyl groups excluding tert-OH is 1. The molecule has 0 saturated heterocycles. The van der Waals surface area contributed by atoms with Gasteiger partial charge in [0.15, 0.2) is 0 Å². The molecule has 24 heavy (non-hydrogen) atoms. The number of nitrogens with one attached hydrogen (secondary N) is 1. The summed E-state index contributed by atoms with van der Waals surface area (Å²) < 4.78 is 8.83. The zero-order valence-corrected chi connectivity index (χ0v) is 17.6. The molecule has 2 unspecified atom stereocenters. The normalized spacial score (nSPS) is 14.5. The van der Waals surface area contributed by atoms with Crippen LogP contribution in [0.2, 0.25) is 0 Å². The summed E-state index contributed by atoms with van der Waals surface area (Å²) in [5.74, 6) is 0. The van der Waals surface area contributed by atoms with Crippen LogP contribution in [0.25, 0.3) is 0 Å². The number of rotatable bonds is 13. The number of ether oxygens (including phenoxy) is 1. The van der Waals surface area contributed by atoms with Crippen LogP contribution in [-0.4, -0.2) is 70.2 Å². The van der Waals surface area contributed by atoms with Crippen molar-refractivity contribution in [3.8, 4) is 0 Å². The second-order valence-corrected chi connectivity index (χ2v) is 8.93. The number of aliphatic hydroxyl groups is 1. The molecule has 0 amide bonds. The van der Waals surface area contributed by atoms with E-state index in [-0.39, 0.29) is 33.7 Å². The van der Waals surface area contributed by atoms with E-state index >= 15 is 0 Å². The van der Waals surface area contributed by atoms with Crippen LogP contribution in [0.15, 0.2) is 30.3 Å². The Hall–Kier alpha value is -0.250. The van der Waals surface area contributed by atoms with E-state index in [9.17, 15) is 5.11 Å². The van der Waals surface area contributed by atoms with Crippen LogP contribution in [0, 0.1) is 0 Å². The number of halogens is 1. The Labute approximate surface area is 158 Å². The maximum atomic E-state index is 9.73. The van der Waals surface area contributed by atoms with Crippen molar-refractivity contribution < 1.29 is 31.3 Å². The molecule has 0 spiro atoms. The average Bonchev–Trinajstić information content (AvgIpc) is 2.56. The Morgan fingerprint density at radius 2 is 1.92 bits per heavy atom. The van der Waals surface area contributed by atoms with Crippen molar-refractivity contribution in [2.45, 2.75) is 32.6 Å². The molecule has 0 aliphatic rings. The van der Waals surface area contributed by atoms with Gasteiger partial charge in [-0.25, -0.2) is 0 Å². The molecule has 0 saturated carbocycles. The summed E-state index contributed by atoms with van der Waals surface area (Å²) in [5.41, 5.74) is 1.31. The first-order valence-electron chi connectivity index (χ1n) is 8.49. The standard InChI is InChI=1S/C18H33IN3O2/c1-16(23)13-22(19-15-21(3)14-17(2)24-4)11-10-20-12-18-8-6-5-7-9-18/h5-9,16-17,20,23H,10-15H2,1-4H3/q-1. The van der Waals surface area contributed by atoms with Gasteiger partial charge in [-0.05, 0) is 0 Å². The molecule has 0 fully saturated rings. The summed E-state index contributed by atoms with van der Waals surface area (Å²) in [6, 6.07) is 10.5. The fourth-order valence-electron chi connectivity index (χ4n) is 2.24. The molecule has 1 aromatic rings. The number of methoxy groups -OCH3 is 1. The van der Waals surface area contributed by atoms with E-state index < -0.39 is 0 Å². The number of benzene rings is 1. The van der Waals surface area contributed by atoms with E-state index in [1.54, 1.807) is 7.11 Å². The van der Waals surface area contributed by atoms with E-state index in [0.29, 0.717) is 0 Å². The van der Waals surface area contributed by atoms with Crippen LogP contribution in [0.4, 0.5) is 0 Å². The number of hydrogen-bond donors (Lipinski definition) is 2. The maximum absolute atomic E-state index is 9.73. The van der Waals surface area contributed by atoms with Gasteiger partial charge in [0.25, 0.3) is 0 Å². The van der Waals surface area contributed by atoms with E-state index in [2.05, 4.69) is 51.6 Å². The minimum atomic E-state index is -0.276. The van der Waals surface area contributed by atoms with Gasteiger partial charge in [0.2, 0.25) is 0 Å². The number of hydrogen-bond acceptors (Lipinski definition) is 5. The van der Waals surface area contributed by atoms with Gasteiger partial charge in [-0.3, -0.25) is 0 Å². The molecule has 0 bridgehead atoms. The van der Waals surface area contributed by atoms with Crippen LogP contribution < -0.4 is 26.8 Å². The second-order valence-electron chi connectivity index (χ2n) is 6.20. The van der Waals surface area contributed by atoms with Gasteiger partial charge in [-0.15, -0.1) is 0 Å². The molecule has 6 heteroatoms. The van der Waals surface area contributed by atoms with Gasteiger partial charge in [0.1, 0.15) is 0 Å². The van der Waals surface area contributed by atoms with E-state index in [0.717, 1.165) is 37.3 Å². The first-order valence-corrected chi connectivity index (χ1v) is 11.0. The zero-order valence-electron chi connectivity index (χ0n) is 15.4. The Morgan fingerprint density at radius 1 is 1.21 bits per heavy atom. The Balaban J connectivity index is 2.28. The fraction of sp³-hybridized carbons (Fsp3) is 0.667. The predicted octanol–water partition coefficient (Wildman–Crippen LogP) is -1.61. The molecule has 140 valence electrons. The first-order chi connectivity index (χ1) is 11.5. The molecule has 0 heterocycles. The van der Waals surface area contributed by atoms with Crippen molar-refractivity contribution in [2.24, 2.45) is 0 Å². The molecular formula is C18H33IN3O2-. The van der Waals surface area contributed by atoms with Crippen molar-refractivity contribution in [2.75, 3.05) is 44.9 Å². The summed E-state index contributed by atoms with van der Waals surface area (Å²) in [6.45, 7) is 8.49. The summed E-state index contributed by atoms with van der Waals surface area (Å²) in [5, 5.41) is 13.2. The summed E-state index contributed by atoms with van der Waals surface area (Å²) in [6.07, 6.45) is -0.0150. The number of alkyl halides is 1. The molecule has 1 aromatic carbocycles. The number of likely N-dealkylation sites (N-methyl/N-ethyl adjacent to an activating group) is 1. The SMILES string of the molecule is COC(C)CN(C)C[I-]N(CCNCc1ccccc1)CC(C)O. The molecule has 1 rings (SSSR count). The molecule has 0 aromatic heterocycles. The first kappa shape index (κ1) is 21.8. The van der Waals surface area contributed by atoms with Gasteiger partial charge in [0.05, 0.1) is 0 Å². The van der Waals surface area contributed by atoms with Gasteiger partial charge < -0.3 is 0 Å². The van der Waals surface area contributed by atoms with Crippen molar-refractivity contribution in [3.05, 3.63) is 35.9 Å². The van der Waals surface area contributed by atoms with E-state index in [1.165, 1.54) is 5.56 Å². The third-order valence-electron chi connectivity index (χ3n) is 3.56. The number of nitrogens with zero attached hydrogens (tertiary/aromatic N) is 2. The van der Waals surface area contributed by atoms with Crippen molar-refractivity contribution >= 4 is 0 Å². The third-order valence-corrected chi connectivity index (χ3v) is 6.87. The van der Waals surface area contributed by atoms with Crippen molar-refractivity contribution in [1.29, 1.82) is 0 Å². The van der Waals surface area contributed by atoms with Crippen molar-refractivity contribution in [1.82, 2.24) is 13.3 Å². The monoisotopic (exact) mass is 450 g/mol. The Kier molecular flexibility index (Phi) is 11.8. The van der Waals surface area contributed by atoms with Crippen LogP contribution in [0.1, 0.15) is 19.4 Å². The van der Waals surface area contributed by atoms with Gasteiger partial charge in [-0.1, -0.05) is 0 Å². The summed E-state index contributed by atoms with van der Waals surface area (Å²) in [7, 11) is 3.90. The summed E-state index contributed by atoms with van der Waals surface area (Å²) in [4.78, 5) is 2.33. The zero-order chi connectivity index (χ0) is 17.8. The third kappa shape index (κ3) is 10.6. The molecule has 5 nitrogen and oxygen atoms in total. The van der Waals surface area contributed by atoms with E-state index in [4.69, 9.17) is 4.74 Å². The van der Waals surface area contributed by atoms with Crippen LogP contribution in [-0.2, 0) is 11.3 Å². The van der Waals surface area contributed by atoms with E-state index in [1.807, 2.05) is 13.0 Å². The van der Waals surface area contributed by atoms with Gasteiger partial charge in [-0.2, -0.15) is 0 Å². The Morgan fingerprint density at radius 3 is 2.54 bits per heavy atom. The topological polar surface area (TPSA) is 48.0 Å². The fourth-order valence-corrected chi connectivity index (χ4v) is 4.91. The molecule has 0 radical (unpaired) electrons. The minimum absolute atomic E-state index is 0.121. The molecule has 2 N–H and O–H groups in total. The summed E-state index contributed by atoms with van der Waals surface area (Å²) >= 11 is -0.121. The van der Waals surface area contributed by atoms with Crippen LogP contribution in [0.3, 0.4) is 0 Å². The molecule has 2 atom stereocenters. The van der Waals surface area contributed by atoms with Crippen LogP contribution in [0.5, 0.6) is 0 Å². The molecule has 0 aliphatic heterocycles. The van der Waals surface area contributed by atoms with Crippen molar-refractivity contribution in [3.63, 3.8) is 0 Å². The van der Waals surface area contributed by atoms with Crippen LogP contribution >= 0.6 is 0 Å². The average molecular weight is 450 g/mol. The quantitative estimate of drug-likeness (QED) is 0.125. The molecular weight excluding hydrogens is 417 g/mol. The molecule has 0 aliphatic carbocycles. The predicted molar refractivity (Wildman–Crippen MR) is 95.4 cm³/mol. The van der Waals surface area contributed by atoms with Gasteiger partial charge >= 0.3 is 158 Å². The Bertz CT molecular complexity index is 420. The second kappa shape index (κ2) is 13.0. The van der Waals surface area contributed by atoms with Gasteiger partial charge in [0, 0.05) is 0 Å².